The number of hydrogen-bond donors (Lipinski definition) is 3. The molecule has 0 atom stereocenters. The highest BCUT2D eigenvalue weighted by atomic mass is 16.1. The normalized spacial score (nSPS) is 10.4. The zero-order valence-corrected chi connectivity index (χ0v) is 12.3. The number of H-pyrrole nitrogens is 1. The van der Waals surface area contributed by atoms with E-state index < -0.39 is 5.91 Å². The van der Waals surface area contributed by atoms with E-state index in [0.29, 0.717) is 31.4 Å². The summed E-state index contributed by atoms with van der Waals surface area (Å²) in [7, 11) is 0. The molecule has 0 aliphatic rings. The summed E-state index contributed by atoms with van der Waals surface area (Å²) in [5.74, 6) is -0.421. The van der Waals surface area contributed by atoms with Crippen molar-refractivity contribution in [1.82, 2.24) is 15.3 Å². The highest BCUT2D eigenvalue weighted by Crippen LogP contribution is 2.11. The van der Waals surface area contributed by atoms with Gasteiger partial charge in [0.2, 0.25) is 11.8 Å². The van der Waals surface area contributed by atoms with E-state index >= 15 is 0 Å². The predicted octanol–water partition coefficient (Wildman–Crippen LogP) is 1.19. The second-order valence-corrected chi connectivity index (χ2v) is 5.05. The molecule has 1 heterocycles. The maximum atomic E-state index is 11.8. The van der Waals surface area contributed by atoms with Crippen LogP contribution in [0.1, 0.15) is 34.5 Å². The number of benzene rings is 1. The summed E-state index contributed by atoms with van der Waals surface area (Å²) in [5, 5.41) is 2.87. The van der Waals surface area contributed by atoms with Gasteiger partial charge in [-0.05, 0) is 24.5 Å². The Morgan fingerprint density at radius 3 is 2.77 bits per heavy atom. The first-order valence-corrected chi connectivity index (χ1v) is 7.28. The molecule has 0 saturated carbocycles. The van der Waals surface area contributed by atoms with Crippen LogP contribution in [-0.2, 0) is 17.6 Å². The van der Waals surface area contributed by atoms with Crippen LogP contribution >= 0.6 is 0 Å². The summed E-state index contributed by atoms with van der Waals surface area (Å²) in [6.45, 7) is 0.582. The fraction of sp³-hybridized carbons (Fsp3) is 0.312. The van der Waals surface area contributed by atoms with Crippen molar-refractivity contribution in [2.75, 3.05) is 6.54 Å². The SMILES string of the molecule is NC(=O)c1ccccc1CCCC(=O)NCCc1cnc[nH]1. The number of aromatic amines is 1. The van der Waals surface area contributed by atoms with E-state index in [2.05, 4.69) is 15.3 Å². The molecule has 6 nitrogen and oxygen atoms in total. The average Bonchev–Trinajstić information content (AvgIpc) is 3.01. The summed E-state index contributed by atoms with van der Waals surface area (Å²) in [6.07, 6.45) is 5.86. The summed E-state index contributed by atoms with van der Waals surface area (Å²) < 4.78 is 0. The van der Waals surface area contributed by atoms with Crippen LogP contribution in [0.2, 0.25) is 0 Å². The first kappa shape index (κ1) is 15.8. The summed E-state index contributed by atoms with van der Waals surface area (Å²) in [5.41, 5.74) is 7.75. The van der Waals surface area contributed by atoms with Crippen LogP contribution in [0.5, 0.6) is 0 Å². The lowest BCUT2D eigenvalue weighted by molar-refractivity contribution is -0.121. The summed E-state index contributed by atoms with van der Waals surface area (Å²) in [6, 6.07) is 7.23. The van der Waals surface area contributed by atoms with E-state index in [1.807, 2.05) is 12.1 Å². The standard InChI is InChI=1S/C16H20N4O2/c17-16(22)14-6-2-1-4-12(14)5-3-7-15(21)19-9-8-13-10-18-11-20-13/h1-2,4,6,10-11H,3,5,7-9H2,(H2,17,22)(H,18,20)(H,19,21). The summed E-state index contributed by atoms with van der Waals surface area (Å²) >= 11 is 0. The average molecular weight is 300 g/mol. The molecule has 116 valence electrons. The van der Waals surface area contributed by atoms with Crippen molar-refractivity contribution < 1.29 is 9.59 Å². The number of rotatable bonds is 8. The second kappa shape index (κ2) is 7.97. The molecule has 4 N–H and O–H groups in total. The first-order chi connectivity index (χ1) is 10.7. The van der Waals surface area contributed by atoms with Crippen LogP contribution in [-0.4, -0.2) is 28.3 Å². The van der Waals surface area contributed by atoms with Crippen molar-refractivity contribution >= 4 is 11.8 Å². The van der Waals surface area contributed by atoms with Gasteiger partial charge in [0.25, 0.3) is 0 Å². The number of aryl methyl sites for hydroxylation is 1. The van der Waals surface area contributed by atoms with Gasteiger partial charge in [-0.15, -0.1) is 0 Å². The van der Waals surface area contributed by atoms with Gasteiger partial charge >= 0.3 is 0 Å². The van der Waals surface area contributed by atoms with Crippen LogP contribution in [0.3, 0.4) is 0 Å². The molecule has 0 radical (unpaired) electrons. The Labute approximate surface area is 129 Å². The maximum absolute atomic E-state index is 11.8. The fourth-order valence-corrected chi connectivity index (χ4v) is 2.26. The molecule has 0 bridgehead atoms. The van der Waals surface area contributed by atoms with E-state index in [0.717, 1.165) is 17.7 Å². The molecule has 0 saturated heterocycles. The minimum Gasteiger partial charge on any atom is -0.366 e. The van der Waals surface area contributed by atoms with Crippen LogP contribution in [0.25, 0.3) is 0 Å². The molecule has 0 aliphatic carbocycles. The number of carbonyl (C=O) groups excluding carboxylic acids is 2. The molecule has 0 spiro atoms. The lowest BCUT2D eigenvalue weighted by Gasteiger charge is -2.07. The van der Waals surface area contributed by atoms with E-state index in [4.69, 9.17) is 5.73 Å². The number of aromatic nitrogens is 2. The van der Waals surface area contributed by atoms with Gasteiger partial charge < -0.3 is 16.0 Å². The van der Waals surface area contributed by atoms with Crippen LogP contribution < -0.4 is 11.1 Å². The van der Waals surface area contributed by atoms with Gasteiger partial charge in [0.05, 0.1) is 6.33 Å². The van der Waals surface area contributed by atoms with Crippen LogP contribution in [0.15, 0.2) is 36.8 Å². The number of imidazole rings is 1. The van der Waals surface area contributed by atoms with Gasteiger partial charge in [0.1, 0.15) is 0 Å². The van der Waals surface area contributed by atoms with Crippen molar-refractivity contribution in [3.05, 3.63) is 53.6 Å². The van der Waals surface area contributed by atoms with Crippen molar-refractivity contribution in [3.63, 3.8) is 0 Å². The lowest BCUT2D eigenvalue weighted by Crippen LogP contribution is -2.25. The zero-order valence-electron chi connectivity index (χ0n) is 12.3. The number of amides is 2. The third kappa shape index (κ3) is 4.73. The Morgan fingerprint density at radius 1 is 1.23 bits per heavy atom. The second-order valence-electron chi connectivity index (χ2n) is 5.05. The minimum absolute atomic E-state index is 0.0103. The predicted molar refractivity (Wildman–Crippen MR) is 83.2 cm³/mol. The van der Waals surface area contributed by atoms with Crippen LogP contribution in [0.4, 0.5) is 0 Å². The van der Waals surface area contributed by atoms with E-state index in [-0.39, 0.29) is 5.91 Å². The monoisotopic (exact) mass is 300 g/mol. The molecule has 0 unspecified atom stereocenters. The Balaban J connectivity index is 1.70. The molecule has 2 amide bonds. The third-order valence-electron chi connectivity index (χ3n) is 3.40. The van der Waals surface area contributed by atoms with E-state index in [9.17, 15) is 9.59 Å². The van der Waals surface area contributed by atoms with Crippen molar-refractivity contribution in [2.24, 2.45) is 5.73 Å². The first-order valence-electron chi connectivity index (χ1n) is 7.28. The smallest absolute Gasteiger partial charge is 0.248 e. The zero-order chi connectivity index (χ0) is 15.8. The summed E-state index contributed by atoms with van der Waals surface area (Å²) in [4.78, 5) is 30.0. The minimum atomic E-state index is -0.431. The van der Waals surface area contributed by atoms with Gasteiger partial charge in [-0.1, -0.05) is 18.2 Å². The third-order valence-corrected chi connectivity index (χ3v) is 3.40. The Morgan fingerprint density at radius 2 is 2.05 bits per heavy atom. The Bertz CT molecular complexity index is 623. The van der Waals surface area contributed by atoms with E-state index in [1.54, 1.807) is 24.7 Å². The highest BCUT2D eigenvalue weighted by molar-refractivity contribution is 5.94. The molecule has 1 aromatic heterocycles. The highest BCUT2D eigenvalue weighted by Gasteiger charge is 2.08. The topological polar surface area (TPSA) is 101 Å². The van der Waals surface area contributed by atoms with Gasteiger partial charge in [-0.3, -0.25) is 9.59 Å². The van der Waals surface area contributed by atoms with Gasteiger partial charge in [-0.25, -0.2) is 4.98 Å². The van der Waals surface area contributed by atoms with Gasteiger partial charge in [0.15, 0.2) is 0 Å². The number of carbonyl (C=O) groups is 2. The number of hydrogen-bond acceptors (Lipinski definition) is 3. The molecule has 6 heteroatoms. The number of primary amides is 1. The van der Waals surface area contributed by atoms with Crippen molar-refractivity contribution in [1.29, 1.82) is 0 Å². The quantitative estimate of drug-likeness (QED) is 0.682. The Hall–Kier alpha value is -2.63. The number of nitrogens with zero attached hydrogens (tertiary/aromatic N) is 1. The largest absolute Gasteiger partial charge is 0.366 e. The van der Waals surface area contributed by atoms with Crippen molar-refractivity contribution in [3.8, 4) is 0 Å². The molecule has 2 aromatic rings. The molecule has 0 fully saturated rings. The molecule has 2 rings (SSSR count). The van der Waals surface area contributed by atoms with Gasteiger partial charge in [-0.2, -0.15) is 0 Å². The molecule has 1 aromatic carbocycles. The maximum Gasteiger partial charge on any atom is 0.248 e. The number of nitrogens with one attached hydrogen (secondary N) is 2. The molecule has 22 heavy (non-hydrogen) atoms. The van der Waals surface area contributed by atoms with Crippen LogP contribution in [0, 0.1) is 0 Å². The van der Waals surface area contributed by atoms with Gasteiger partial charge in [0, 0.05) is 36.8 Å². The lowest BCUT2D eigenvalue weighted by atomic mass is 10.0. The molecule has 0 aliphatic heterocycles. The van der Waals surface area contributed by atoms with Crippen molar-refractivity contribution in [2.45, 2.75) is 25.7 Å². The molecular weight excluding hydrogens is 280 g/mol. The molecular formula is C16H20N4O2. The van der Waals surface area contributed by atoms with E-state index in [1.165, 1.54) is 0 Å². The number of nitrogens with two attached hydrogens (primary N) is 1. The fourth-order valence-electron chi connectivity index (χ4n) is 2.26. The Kier molecular flexibility index (Phi) is 5.71.